The highest BCUT2D eigenvalue weighted by molar-refractivity contribution is 7.89. The molecular weight excluding hydrogens is 348 g/mol. The van der Waals surface area contributed by atoms with Crippen molar-refractivity contribution in [2.45, 2.75) is 32.1 Å². The predicted molar refractivity (Wildman–Crippen MR) is 103 cm³/mol. The van der Waals surface area contributed by atoms with Gasteiger partial charge in [0.05, 0.1) is 11.2 Å². The lowest BCUT2D eigenvalue weighted by molar-refractivity contribution is -0.145. The molecule has 0 saturated carbocycles. The van der Waals surface area contributed by atoms with E-state index in [2.05, 4.69) is 18.7 Å². The number of hydrogen-bond acceptors (Lipinski definition) is 3. The van der Waals surface area contributed by atoms with Gasteiger partial charge in [0.1, 0.15) is 0 Å². The third kappa shape index (κ3) is 4.01. The fraction of sp³-hybridized carbons (Fsp3) is 0.550. The molecule has 1 spiro atoms. The van der Waals surface area contributed by atoms with Crippen molar-refractivity contribution in [3.63, 3.8) is 0 Å². The normalized spacial score (nSPS) is 24.3. The van der Waals surface area contributed by atoms with Crippen LogP contribution in [0, 0.1) is 5.41 Å². The molecule has 1 aromatic carbocycles. The van der Waals surface area contributed by atoms with Gasteiger partial charge in [-0.1, -0.05) is 36.4 Å². The average molecular weight is 377 g/mol. The zero-order valence-electron chi connectivity index (χ0n) is 15.3. The van der Waals surface area contributed by atoms with Crippen LogP contribution in [0.3, 0.4) is 0 Å². The maximum atomic E-state index is 13.1. The van der Waals surface area contributed by atoms with E-state index in [1.165, 1.54) is 15.9 Å². The summed E-state index contributed by atoms with van der Waals surface area (Å²) in [5.74, 6) is 0.0889. The Morgan fingerprint density at radius 3 is 2.65 bits per heavy atom. The quantitative estimate of drug-likeness (QED) is 0.687. The molecule has 1 aromatic rings. The molecule has 2 fully saturated rings. The van der Waals surface area contributed by atoms with Crippen LogP contribution in [-0.4, -0.2) is 55.5 Å². The van der Waals surface area contributed by atoms with Crippen LogP contribution in [0.15, 0.2) is 43.0 Å². The number of rotatable bonds is 7. The van der Waals surface area contributed by atoms with Crippen molar-refractivity contribution in [3.8, 4) is 0 Å². The minimum Gasteiger partial charge on any atom is -0.342 e. The summed E-state index contributed by atoms with van der Waals surface area (Å²) < 4.78 is 26.1. The monoisotopic (exact) mass is 376 g/mol. The molecule has 2 aliphatic heterocycles. The molecule has 0 aromatic heterocycles. The summed E-state index contributed by atoms with van der Waals surface area (Å²) in [5.41, 5.74) is 0.772. The van der Waals surface area contributed by atoms with E-state index in [0.717, 1.165) is 38.8 Å². The number of benzene rings is 1. The lowest BCUT2D eigenvalue weighted by Gasteiger charge is -2.39. The maximum absolute atomic E-state index is 13.1. The van der Waals surface area contributed by atoms with Crippen molar-refractivity contribution in [1.29, 1.82) is 0 Å². The number of piperidine rings is 1. The highest BCUT2D eigenvalue weighted by atomic mass is 32.2. The Morgan fingerprint density at radius 2 is 1.92 bits per heavy atom. The number of carbonyl (C=O) groups is 1. The zero-order chi connectivity index (χ0) is 18.6. The first-order valence-electron chi connectivity index (χ1n) is 9.39. The molecular formula is C20H28N2O3S. The Hall–Kier alpha value is -1.66. The molecule has 0 aliphatic carbocycles. The lowest BCUT2D eigenvalue weighted by Crippen LogP contribution is -2.50. The largest absolute Gasteiger partial charge is 0.342 e. The van der Waals surface area contributed by atoms with Crippen LogP contribution < -0.4 is 0 Å². The van der Waals surface area contributed by atoms with Crippen molar-refractivity contribution in [3.05, 3.63) is 48.6 Å². The molecule has 1 amide bonds. The van der Waals surface area contributed by atoms with E-state index in [0.29, 0.717) is 19.5 Å². The highest BCUT2D eigenvalue weighted by Crippen LogP contribution is 2.41. The van der Waals surface area contributed by atoms with Crippen LogP contribution in [0.2, 0.25) is 0 Å². The molecule has 3 rings (SSSR count). The lowest BCUT2D eigenvalue weighted by atomic mass is 9.78. The number of amides is 1. The molecule has 2 saturated heterocycles. The average Bonchev–Trinajstić information content (AvgIpc) is 3.06. The number of aryl methyl sites for hydroxylation is 1. The molecule has 0 unspecified atom stereocenters. The summed E-state index contributed by atoms with van der Waals surface area (Å²) in [4.78, 5) is 15.1. The van der Waals surface area contributed by atoms with Gasteiger partial charge in [-0.2, -0.15) is 0 Å². The molecule has 1 atom stereocenters. The van der Waals surface area contributed by atoms with Crippen molar-refractivity contribution >= 4 is 15.9 Å². The van der Waals surface area contributed by atoms with Crippen LogP contribution in [0.5, 0.6) is 0 Å². The molecule has 2 aliphatic rings. The van der Waals surface area contributed by atoms with Gasteiger partial charge in [-0.05, 0) is 37.7 Å². The second-order valence-corrected chi connectivity index (χ2v) is 9.43. The van der Waals surface area contributed by atoms with Gasteiger partial charge in [-0.25, -0.2) is 12.7 Å². The second kappa shape index (κ2) is 7.92. The van der Waals surface area contributed by atoms with Gasteiger partial charge in [0.15, 0.2) is 0 Å². The number of sulfonamides is 1. The van der Waals surface area contributed by atoms with Gasteiger partial charge < -0.3 is 4.90 Å². The van der Waals surface area contributed by atoms with E-state index >= 15 is 0 Å². The van der Waals surface area contributed by atoms with Crippen LogP contribution in [0.1, 0.15) is 31.2 Å². The molecule has 0 N–H and O–H groups in total. The van der Waals surface area contributed by atoms with E-state index in [4.69, 9.17) is 0 Å². The molecule has 5 nitrogen and oxygen atoms in total. The van der Waals surface area contributed by atoms with E-state index in [-0.39, 0.29) is 11.7 Å². The Bertz CT molecular complexity index is 748. The number of likely N-dealkylation sites (tertiary alicyclic amines) is 1. The number of hydrogen-bond donors (Lipinski definition) is 0. The first-order chi connectivity index (χ1) is 12.5. The molecule has 0 radical (unpaired) electrons. The minimum atomic E-state index is -3.33. The fourth-order valence-corrected chi connectivity index (χ4v) is 5.51. The van der Waals surface area contributed by atoms with Gasteiger partial charge in [0.2, 0.25) is 15.9 Å². The molecule has 26 heavy (non-hydrogen) atoms. The minimum absolute atomic E-state index is 0.0575. The summed E-state index contributed by atoms with van der Waals surface area (Å²) in [5, 5.41) is 0. The smallest absolute Gasteiger partial charge is 0.230 e. The van der Waals surface area contributed by atoms with Crippen molar-refractivity contribution in [1.82, 2.24) is 9.21 Å². The van der Waals surface area contributed by atoms with Gasteiger partial charge in [0.25, 0.3) is 0 Å². The Labute approximate surface area is 156 Å². The van der Waals surface area contributed by atoms with E-state index in [1.54, 1.807) is 0 Å². The first-order valence-corrected chi connectivity index (χ1v) is 11.0. The Morgan fingerprint density at radius 1 is 1.15 bits per heavy atom. The van der Waals surface area contributed by atoms with Crippen LogP contribution in [0.4, 0.5) is 0 Å². The Kier molecular flexibility index (Phi) is 5.82. The van der Waals surface area contributed by atoms with Crippen LogP contribution in [-0.2, 0) is 21.2 Å². The standard InChI is InChI=1S/C20H28N2O3S/c1-2-16-26(24,25)22-15-12-20(17-22)11-7-14-21(19(20)23)13-6-10-18-8-4-3-5-9-18/h2-5,8-9H,1,6-7,10-17H2/t20-/m1/s1. The molecule has 6 heteroatoms. The third-order valence-electron chi connectivity index (χ3n) is 5.60. The van der Waals surface area contributed by atoms with Gasteiger partial charge in [-0.15, -0.1) is 6.58 Å². The molecule has 2 heterocycles. The van der Waals surface area contributed by atoms with Gasteiger partial charge >= 0.3 is 0 Å². The van der Waals surface area contributed by atoms with E-state index in [9.17, 15) is 13.2 Å². The Balaban J connectivity index is 1.60. The summed E-state index contributed by atoms with van der Waals surface area (Å²) in [6, 6.07) is 10.3. The SMILES string of the molecule is C=CCS(=O)(=O)N1CC[C@]2(CCCN(CCCc3ccccc3)C2=O)C1. The highest BCUT2D eigenvalue weighted by Gasteiger charge is 2.50. The fourth-order valence-electron chi connectivity index (χ4n) is 4.19. The number of carbonyl (C=O) groups excluding carboxylic acids is 1. The van der Waals surface area contributed by atoms with Crippen LogP contribution in [0.25, 0.3) is 0 Å². The first kappa shape index (κ1) is 19.1. The summed E-state index contributed by atoms with van der Waals surface area (Å²) in [6.45, 7) is 5.83. The molecule has 142 valence electrons. The summed E-state index contributed by atoms with van der Waals surface area (Å²) in [7, 11) is -3.33. The van der Waals surface area contributed by atoms with Crippen molar-refractivity contribution in [2.75, 3.05) is 31.9 Å². The van der Waals surface area contributed by atoms with Crippen molar-refractivity contribution in [2.24, 2.45) is 5.41 Å². The van der Waals surface area contributed by atoms with Gasteiger partial charge in [0, 0.05) is 26.2 Å². The van der Waals surface area contributed by atoms with Crippen LogP contribution >= 0.6 is 0 Å². The topological polar surface area (TPSA) is 57.7 Å². The van der Waals surface area contributed by atoms with Crippen molar-refractivity contribution < 1.29 is 13.2 Å². The van der Waals surface area contributed by atoms with Gasteiger partial charge in [-0.3, -0.25) is 4.79 Å². The third-order valence-corrected chi connectivity index (χ3v) is 7.36. The summed E-state index contributed by atoms with van der Waals surface area (Å²) in [6.07, 6.45) is 5.69. The van der Waals surface area contributed by atoms with E-state index < -0.39 is 15.4 Å². The molecule has 0 bridgehead atoms. The number of nitrogens with zero attached hydrogens (tertiary/aromatic N) is 2. The summed E-state index contributed by atoms with van der Waals surface area (Å²) >= 11 is 0. The predicted octanol–water partition coefficient (Wildman–Crippen LogP) is 2.45. The van der Waals surface area contributed by atoms with E-state index in [1.807, 2.05) is 23.1 Å². The zero-order valence-corrected chi connectivity index (χ0v) is 16.1. The second-order valence-electron chi connectivity index (χ2n) is 7.42. The maximum Gasteiger partial charge on any atom is 0.230 e.